The molecular formula is C10H16O4Si. The molecule has 0 amide bonds. The molecule has 0 fully saturated rings. The Labute approximate surface area is 91.1 Å². The zero-order chi connectivity index (χ0) is 11.1. The van der Waals surface area contributed by atoms with E-state index in [0.717, 1.165) is 5.75 Å². The Balaban J connectivity index is 2.54. The van der Waals surface area contributed by atoms with E-state index in [1.165, 1.54) is 0 Å². The van der Waals surface area contributed by atoms with Gasteiger partial charge in [0.25, 0.3) is 0 Å². The van der Waals surface area contributed by atoms with Crippen LogP contribution in [0.1, 0.15) is 0 Å². The van der Waals surface area contributed by atoms with Crippen LogP contribution in [-0.2, 0) is 13.3 Å². The molecule has 0 aliphatic rings. The fraction of sp³-hybridized carbons (Fsp3) is 0.400. The van der Waals surface area contributed by atoms with Crippen molar-refractivity contribution in [3.05, 3.63) is 30.3 Å². The first-order valence-corrected chi connectivity index (χ1v) is 6.53. The van der Waals surface area contributed by atoms with E-state index in [4.69, 9.17) is 18.0 Å². The summed E-state index contributed by atoms with van der Waals surface area (Å²) in [5.41, 5.74) is 0. The molecule has 0 unspecified atom stereocenters. The van der Waals surface area contributed by atoms with Crippen LogP contribution in [0.5, 0.6) is 5.75 Å². The van der Waals surface area contributed by atoms with Gasteiger partial charge in [-0.05, 0) is 12.1 Å². The van der Waals surface area contributed by atoms with Gasteiger partial charge in [0.1, 0.15) is 5.75 Å². The average molecular weight is 228 g/mol. The van der Waals surface area contributed by atoms with Gasteiger partial charge < -0.3 is 18.0 Å². The highest BCUT2D eigenvalue weighted by Crippen LogP contribution is 2.12. The molecule has 1 aromatic rings. The van der Waals surface area contributed by atoms with E-state index < -0.39 is 8.80 Å². The molecule has 5 heteroatoms. The lowest BCUT2D eigenvalue weighted by molar-refractivity contribution is 0.100. The Morgan fingerprint density at radius 1 is 0.933 bits per heavy atom. The van der Waals surface area contributed by atoms with Crippen LogP contribution in [0.4, 0.5) is 0 Å². The third-order valence-electron chi connectivity index (χ3n) is 2.09. The Morgan fingerprint density at radius 2 is 1.47 bits per heavy atom. The van der Waals surface area contributed by atoms with Crippen molar-refractivity contribution in [2.24, 2.45) is 0 Å². The van der Waals surface area contributed by atoms with Gasteiger partial charge in [-0.25, -0.2) is 0 Å². The van der Waals surface area contributed by atoms with Crippen molar-refractivity contribution in [3.8, 4) is 5.75 Å². The Kier molecular flexibility index (Phi) is 4.77. The maximum atomic E-state index is 5.53. The first-order chi connectivity index (χ1) is 7.26. The lowest BCUT2D eigenvalue weighted by Crippen LogP contribution is -2.49. The highest BCUT2D eigenvalue weighted by atomic mass is 28.4. The molecule has 0 radical (unpaired) electrons. The predicted octanol–water partition coefficient (Wildman–Crippen LogP) is 1.48. The molecule has 0 spiro atoms. The van der Waals surface area contributed by atoms with Gasteiger partial charge in [0, 0.05) is 21.3 Å². The van der Waals surface area contributed by atoms with Crippen molar-refractivity contribution in [1.29, 1.82) is 0 Å². The van der Waals surface area contributed by atoms with Crippen LogP contribution in [0, 0.1) is 0 Å². The average Bonchev–Trinajstić information content (AvgIpc) is 2.33. The van der Waals surface area contributed by atoms with E-state index in [1.54, 1.807) is 21.3 Å². The molecule has 0 aliphatic heterocycles. The van der Waals surface area contributed by atoms with Crippen LogP contribution in [0.2, 0.25) is 0 Å². The molecule has 0 bridgehead atoms. The van der Waals surface area contributed by atoms with Gasteiger partial charge in [0.2, 0.25) is 0 Å². The summed E-state index contributed by atoms with van der Waals surface area (Å²) in [6.07, 6.45) is 0.306. The molecule has 84 valence electrons. The van der Waals surface area contributed by atoms with E-state index in [9.17, 15) is 0 Å². The summed E-state index contributed by atoms with van der Waals surface area (Å²) in [5.74, 6) is 0.778. The van der Waals surface area contributed by atoms with E-state index in [-0.39, 0.29) is 0 Å². The van der Waals surface area contributed by atoms with Crippen LogP contribution in [-0.4, -0.2) is 36.4 Å². The zero-order valence-electron chi connectivity index (χ0n) is 9.23. The first kappa shape index (κ1) is 12.2. The molecule has 4 nitrogen and oxygen atoms in total. The Hall–Kier alpha value is -0.883. The summed E-state index contributed by atoms with van der Waals surface area (Å²) >= 11 is 0. The minimum absolute atomic E-state index is 0.306. The van der Waals surface area contributed by atoms with Gasteiger partial charge in [-0.15, -0.1) is 0 Å². The first-order valence-electron chi connectivity index (χ1n) is 4.59. The van der Waals surface area contributed by atoms with Gasteiger partial charge in [0.15, 0.2) is 6.23 Å². The summed E-state index contributed by atoms with van der Waals surface area (Å²) in [7, 11) is 2.07. The largest absolute Gasteiger partial charge is 0.539 e. The molecule has 0 aliphatic carbocycles. The maximum absolute atomic E-state index is 5.53. The number of rotatable bonds is 6. The van der Waals surface area contributed by atoms with Crippen LogP contribution < -0.4 is 4.74 Å². The smallest absolute Gasteiger partial charge is 0.489 e. The van der Waals surface area contributed by atoms with Crippen molar-refractivity contribution < 1.29 is 18.0 Å². The Morgan fingerprint density at radius 3 is 1.93 bits per heavy atom. The molecule has 1 aromatic carbocycles. The summed E-state index contributed by atoms with van der Waals surface area (Å²) in [4.78, 5) is 0. The second kappa shape index (κ2) is 5.87. The fourth-order valence-corrected chi connectivity index (χ4v) is 2.31. The van der Waals surface area contributed by atoms with Gasteiger partial charge >= 0.3 is 8.80 Å². The van der Waals surface area contributed by atoms with E-state index in [1.807, 2.05) is 30.3 Å². The van der Waals surface area contributed by atoms with Crippen LogP contribution in [0.25, 0.3) is 0 Å². The normalized spacial score (nSPS) is 11.4. The third-order valence-corrected chi connectivity index (χ3v) is 4.46. The van der Waals surface area contributed by atoms with Gasteiger partial charge in [-0.2, -0.15) is 0 Å². The number of benzene rings is 1. The van der Waals surface area contributed by atoms with Gasteiger partial charge in [-0.1, -0.05) is 18.2 Å². The van der Waals surface area contributed by atoms with Crippen molar-refractivity contribution in [2.75, 3.05) is 27.6 Å². The second-order valence-electron chi connectivity index (χ2n) is 2.90. The topological polar surface area (TPSA) is 36.9 Å². The summed E-state index contributed by atoms with van der Waals surface area (Å²) < 4.78 is 21.2. The highest BCUT2D eigenvalue weighted by Gasteiger charge is 2.39. The molecule has 15 heavy (non-hydrogen) atoms. The van der Waals surface area contributed by atoms with E-state index in [0.29, 0.717) is 6.23 Å². The molecular weight excluding hydrogens is 212 g/mol. The molecule has 1 rings (SSSR count). The van der Waals surface area contributed by atoms with Gasteiger partial charge in [-0.3, -0.25) is 0 Å². The zero-order valence-corrected chi connectivity index (χ0v) is 10.2. The molecule has 0 saturated heterocycles. The second-order valence-corrected chi connectivity index (χ2v) is 5.78. The lowest BCUT2D eigenvalue weighted by atomic mass is 10.3. The van der Waals surface area contributed by atoms with Crippen molar-refractivity contribution in [3.63, 3.8) is 0 Å². The number of ether oxygens (including phenoxy) is 1. The highest BCUT2D eigenvalue weighted by molar-refractivity contribution is 6.60. The molecule has 0 atom stereocenters. The monoisotopic (exact) mass is 228 g/mol. The molecule has 0 N–H and O–H groups in total. The van der Waals surface area contributed by atoms with Crippen molar-refractivity contribution >= 4 is 8.80 Å². The van der Waals surface area contributed by atoms with E-state index in [2.05, 4.69) is 0 Å². The van der Waals surface area contributed by atoms with E-state index >= 15 is 0 Å². The van der Waals surface area contributed by atoms with Crippen LogP contribution in [0.15, 0.2) is 30.3 Å². The SMILES string of the molecule is CO[Si](COc1ccccc1)(OC)OC. The Bertz CT molecular complexity index is 266. The predicted molar refractivity (Wildman–Crippen MR) is 58.7 cm³/mol. The van der Waals surface area contributed by atoms with Crippen LogP contribution >= 0.6 is 0 Å². The standard InChI is InChI=1S/C10H16O4Si/c1-11-15(12-2,13-3)9-14-10-7-5-4-6-8-10/h4-8H,9H2,1-3H3. The number of hydrogen-bond acceptors (Lipinski definition) is 4. The molecule has 0 heterocycles. The minimum Gasteiger partial charge on any atom is -0.489 e. The third kappa shape index (κ3) is 3.31. The summed E-state index contributed by atoms with van der Waals surface area (Å²) in [6, 6.07) is 9.50. The van der Waals surface area contributed by atoms with Crippen LogP contribution in [0.3, 0.4) is 0 Å². The van der Waals surface area contributed by atoms with Crippen molar-refractivity contribution in [1.82, 2.24) is 0 Å². The quantitative estimate of drug-likeness (QED) is 0.691. The minimum atomic E-state index is -2.62. The lowest BCUT2D eigenvalue weighted by Gasteiger charge is -2.24. The number of hydrogen-bond donors (Lipinski definition) is 0. The van der Waals surface area contributed by atoms with Gasteiger partial charge in [0.05, 0.1) is 0 Å². The molecule has 0 aromatic heterocycles. The summed E-state index contributed by atoms with van der Waals surface area (Å²) in [6.45, 7) is 0. The fourth-order valence-electron chi connectivity index (χ4n) is 1.12. The summed E-state index contributed by atoms with van der Waals surface area (Å²) in [5, 5.41) is 0. The molecule has 0 saturated carbocycles. The maximum Gasteiger partial charge on any atom is 0.539 e. The number of para-hydroxylation sites is 1. The van der Waals surface area contributed by atoms with Crippen molar-refractivity contribution in [2.45, 2.75) is 0 Å².